The number of hydrogen-bond acceptors (Lipinski definition) is 7. The van der Waals surface area contributed by atoms with E-state index in [0.717, 1.165) is 26.3 Å². The van der Waals surface area contributed by atoms with E-state index in [-0.39, 0.29) is 24.9 Å². The summed E-state index contributed by atoms with van der Waals surface area (Å²) in [6.07, 6.45) is 0. The molecule has 3 N–H and O–H groups in total. The van der Waals surface area contributed by atoms with Crippen LogP contribution in [0.15, 0.2) is 0 Å². The number of nitrogens with zero attached hydrogens (tertiary/aromatic N) is 2. The average molecular weight is 349 g/mol. The minimum absolute atomic E-state index is 0.0637. The van der Waals surface area contributed by atoms with Crippen LogP contribution < -0.4 is 5.32 Å². The molecular weight excluding hydrogens is 322 g/mol. The topological polar surface area (TPSA) is 129 Å². The first-order valence-electron chi connectivity index (χ1n) is 7.49. The van der Waals surface area contributed by atoms with Crippen LogP contribution in [0.4, 0.5) is 0 Å². The molecule has 2 atom stereocenters. The molecule has 0 aromatic carbocycles. The van der Waals surface area contributed by atoms with E-state index in [2.05, 4.69) is 10.2 Å². The quantitative estimate of drug-likeness (QED) is 0.502. The molecular formula is C14H27N3O7. The van der Waals surface area contributed by atoms with Crippen molar-refractivity contribution < 1.29 is 34.1 Å². The number of carbonyl (C=O) groups excluding carboxylic acids is 1. The SMILES string of the molecule is CN(C)CC(=O)N[C@H]1COC[C@@H]1N1CCOCC1.O=CO.O=CO. The van der Waals surface area contributed by atoms with E-state index in [1.54, 1.807) is 0 Å². The van der Waals surface area contributed by atoms with Crippen molar-refractivity contribution in [2.24, 2.45) is 0 Å². The highest BCUT2D eigenvalue weighted by Gasteiger charge is 2.34. The number of ether oxygens (including phenoxy) is 2. The number of amides is 1. The number of nitrogens with one attached hydrogen (secondary N) is 1. The van der Waals surface area contributed by atoms with Gasteiger partial charge in [0.15, 0.2) is 0 Å². The second-order valence-electron chi connectivity index (χ2n) is 5.38. The highest BCUT2D eigenvalue weighted by molar-refractivity contribution is 5.78. The second kappa shape index (κ2) is 13.7. The number of likely N-dealkylation sites (N-methyl/N-ethyl adjacent to an activating group) is 1. The smallest absolute Gasteiger partial charge is 0.290 e. The number of hydrogen-bond donors (Lipinski definition) is 3. The molecule has 0 bridgehead atoms. The highest BCUT2D eigenvalue weighted by Crippen LogP contribution is 2.15. The minimum Gasteiger partial charge on any atom is -0.483 e. The fourth-order valence-electron chi connectivity index (χ4n) is 2.49. The van der Waals surface area contributed by atoms with E-state index >= 15 is 0 Å². The molecule has 2 heterocycles. The van der Waals surface area contributed by atoms with Gasteiger partial charge in [0.25, 0.3) is 12.9 Å². The lowest BCUT2D eigenvalue weighted by Gasteiger charge is -2.34. The fourth-order valence-corrected chi connectivity index (χ4v) is 2.49. The summed E-state index contributed by atoms with van der Waals surface area (Å²) < 4.78 is 10.9. The summed E-state index contributed by atoms with van der Waals surface area (Å²) in [5, 5.41) is 16.8. The third kappa shape index (κ3) is 9.40. The predicted molar refractivity (Wildman–Crippen MR) is 84.9 cm³/mol. The van der Waals surface area contributed by atoms with Gasteiger partial charge in [-0.25, -0.2) is 0 Å². The predicted octanol–water partition coefficient (Wildman–Crippen LogP) is -1.83. The van der Waals surface area contributed by atoms with Gasteiger partial charge in [0.05, 0.1) is 45.1 Å². The standard InChI is InChI=1S/C12H23N3O3.2CH2O2/c1-14(2)7-12(16)13-10-8-18-9-11(10)15-3-5-17-6-4-15;2*2-1-3/h10-11H,3-9H2,1-2H3,(H,13,16);2*1H,(H,2,3)/t10-,11-;;/m0../s1. The Balaban J connectivity index is 0.000000772. The van der Waals surface area contributed by atoms with Crippen LogP contribution in [0.25, 0.3) is 0 Å². The van der Waals surface area contributed by atoms with Crippen LogP contribution in [0.1, 0.15) is 0 Å². The first-order valence-corrected chi connectivity index (χ1v) is 7.49. The maximum atomic E-state index is 11.8. The van der Waals surface area contributed by atoms with Crippen molar-refractivity contribution in [3.63, 3.8) is 0 Å². The monoisotopic (exact) mass is 349 g/mol. The van der Waals surface area contributed by atoms with E-state index in [0.29, 0.717) is 25.8 Å². The summed E-state index contributed by atoms with van der Waals surface area (Å²) >= 11 is 0. The first kappa shape index (κ1) is 22.2. The number of carboxylic acid groups (broad SMARTS) is 2. The van der Waals surface area contributed by atoms with E-state index < -0.39 is 0 Å². The Morgan fingerprint density at radius 1 is 1.17 bits per heavy atom. The van der Waals surface area contributed by atoms with Gasteiger partial charge in [-0.05, 0) is 14.1 Å². The first-order chi connectivity index (χ1) is 11.5. The zero-order valence-corrected chi connectivity index (χ0v) is 14.1. The molecule has 2 aliphatic rings. The van der Waals surface area contributed by atoms with Crippen molar-refractivity contribution >= 4 is 18.9 Å². The molecule has 1 amide bonds. The molecule has 0 aromatic rings. The van der Waals surface area contributed by atoms with Crippen LogP contribution in [-0.4, -0.2) is 111 Å². The molecule has 2 fully saturated rings. The lowest BCUT2D eigenvalue weighted by molar-refractivity contribution is -0.123. The Bertz CT molecular complexity index is 356. The molecule has 2 saturated heterocycles. The zero-order valence-electron chi connectivity index (χ0n) is 14.1. The molecule has 0 aromatic heterocycles. The summed E-state index contributed by atoms with van der Waals surface area (Å²) in [4.78, 5) is 32.7. The summed E-state index contributed by atoms with van der Waals surface area (Å²) in [5.74, 6) is 0.0637. The summed E-state index contributed by atoms with van der Waals surface area (Å²) in [6.45, 7) is 4.63. The summed E-state index contributed by atoms with van der Waals surface area (Å²) in [6, 6.07) is 0.399. The van der Waals surface area contributed by atoms with Crippen LogP contribution >= 0.6 is 0 Å². The molecule has 24 heavy (non-hydrogen) atoms. The normalized spacial score (nSPS) is 23.3. The van der Waals surface area contributed by atoms with Gasteiger partial charge in [-0.1, -0.05) is 0 Å². The molecule has 0 radical (unpaired) electrons. The van der Waals surface area contributed by atoms with Gasteiger partial charge in [0, 0.05) is 13.1 Å². The van der Waals surface area contributed by atoms with E-state index in [1.165, 1.54) is 0 Å². The van der Waals surface area contributed by atoms with Gasteiger partial charge in [-0.2, -0.15) is 0 Å². The third-order valence-electron chi connectivity index (χ3n) is 3.37. The van der Waals surface area contributed by atoms with Gasteiger partial charge in [0.2, 0.25) is 5.91 Å². The van der Waals surface area contributed by atoms with Crippen molar-refractivity contribution in [1.82, 2.24) is 15.1 Å². The largest absolute Gasteiger partial charge is 0.483 e. The van der Waals surface area contributed by atoms with Crippen molar-refractivity contribution in [2.75, 3.05) is 60.2 Å². The Kier molecular flexibility index (Phi) is 12.7. The van der Waals surface area contributed by atoms with Crippen LogP contribution in [0.5, 0.6) is 0 Å². The molecule has 140 valence electrons. The molecule has 0 unspecified atom stereocenters. The van der Waals surface area contributed by atoms with Gasteiger partial charge >= 0.3 is 0 Å². The van der Waals surface area contributed by atoms with Crippen LogP contribution in [0, 0.1) is 0 Å². The molecule has 0 spiro atoms. The maximum Gasteiger partial charge on any atom is 0.290 e. The molecule has 0 saturated carbocycles. The zero-order chi connectivity index (χ0) is 18.4. The van der Waals surface area contributed by atoms with Crippen LogP contribution in [-0.2, 0) is 23.9 Å². The lowest BCUT2D eigenvalue weighted by Crippen LogP contribution is -2.55. The van der Waals surface area contributed by atoms with Crippen molar-refractivity contribution in [3.8, 4) is 0 Å². The van der Waals surface area contributed by atoms with Gasteiger partial charge in [0.1, 0.15) is 0 Å². The molecule has 0 aliphatic carbocycles. The van der Waals surface area contributed by atoms with Crippen molar-refractivity contribution in [1.29, 1.82) is 0 Å². The van der Waals surface area contributed by atoms with Crippen LogP contribution in [0.2, 0.25) is 0 Å². The van der Waals surface area contributed by atoms with Gasteiger partial charge in [-0.15, -0.1) is 0 Å². The van der Waals surface area contributed by atoms with Crippen molar-refractivity contribution in [2.45, 2.75) is 12.1 Å². The highest BCUT2D eigenvalue weighted by atomic mass is 16.5. The third-order valence-corrected chi connectivity index (χ3v) is 3.37. The molecule has 2 aliphatic heterocycles. The number of morpholine rings is 1. The van der Waals surface area contributed by atoms with E-state index in [9.17, 15) is 4.79 Å². The molecule has 2 rings (SSSR count). The molecule has 10 heteroatoms. The second-order valence-corrected chi connectivity index (χ2v) is 5.38. The lowest BCUT2D eigenvalue weighted by atomic mass is 10.1. The Labute approximate surface area is 141 Å². The Morgan fingerprint density at radius 3 is 2.21 bits per heavy atom. The van der Waals surface area contributed by atoms with E-state index in [4.69, 9.17) is 29.3 Å². The average Bonchev–Trinajstić information content (AvgIpc) is 2.97. The number of rotatable bonds is 4. The minimum atomic E-state index is -0.250. The van der Waals surface area contributed by atoms with Gasteiger partial charge < -0.3 is 29.9 Å². The van der Waals surface area contributed by atoms with Crippen molar-refractivity contribution in [3.05, 3.63) is 0 Å². The Morgan fingerprint density at radius 2 is 1.71 bits per heavy atom. The fraction of sp³-hybridized carbons (Fsp3) is 0.786. The molecule has 10 nitrogen and oxygen atoms in total. The van der Waals surface area contributed by atoms with Gasteiger partial charge in [-0.3, -0.25) is 19.3 Å². The Hall–Kier alpha value is -1.75. The van der Waals surface area contributed by atoms with Crippen LogP contribution in [0.3, 0.4) is 0 Å². The van der Waals surface area contributed by atoms with E-state index in [1.807, 2.05) is 19.0 Å². The summed E-state index contributed by atoms with van der Waals surface area (Å²) in [5.41, 5.74) is 0. The summed E-state index contributed by atoms with van der Waals surface area (Å²) in [7, 11) is 3.79. The maximum absolute atomic E-state index is 11.8. The number of carbonyl (C=O) groups is 3.